The summed E-state index contributed by atoms with van der Waals surface area (Å²) in [7, 11) is 0. The van der Waals surface area contributed by atoms with Crippen molar-refractivity contribution in [1.29, 1.82) is 0 Å². The van der Waals surface area contributed by atoms with Crippen molar-refractivity contribution in [3.05, 3.63) is 29.3 Å². The van der Waals surface area contributed by atoms with Crippen molar-refractivity contribution in [3.63, 3.8) is 0 Å². The lowest BCUT2D eigenvalue weighted by atomic mass is 10.1. The molecule has 1 N–H and O–H groups in total. The monoisotopic (exact) mass is 252 g/mol. The third-order valence-electron chi connectivity index (χ3n) is 3.84. The lowest BCUT2D eigenvalue weighted by Gasteiger charge is -2.17. The first-order valence-corrected chi connectivity index (χ1v) is 6.40. The molecule has 94 valence electrons. The molecule has 1 atom stereocenters. The zero-order valence-electron chi connectivity index (χ0n) is 10.4. The molecule has 0 bridgehead atoms. The van der Waals surface area contributed by atoms with Crippen LogP contribution in [0.4, 0.5) is 5.69 Å². The highest BCUT2D eigenvalue weighted by atomic mass is 35.5. The molecule has 1 aromatic rings. The van der Waals surface area contributed by atoms with Crippen LogP contribution in [0.25, 0.3) is 0 Å². The first-order valence-electron chi connectivity index (χ1n) is 6.40. The molecule has 2 heterocycles. The minimum atomic E-state index is 0. The summed E-state index contributed by atoms with van der Waals surface area (Å²) in [6.45, 7) is 7.13. The van der Waals surface area contributed by atoms with Crippen LogP contribution in [0.3, 0.4) is 0 Å². The van der Waals surface area contributed by atoms with E-state index >= 15 is 0 Å². The SMILES string of the molecule is CC1CCN(Cc2cccc3c2NCC3)C1.Cl. The van der Waals surface area contributed by atoms with Gasteiger partial charge in [0.05, 0.1) is 0 Å². The molecule has 1 aromatic carbocycles. The van der Waals surface area contributed by atoms with E-state index in [0.29, 0.717) is 0 Å². The van der Waals surface area contributed by atoms with Crippen LogP contribution in [0, 0.1) is 5.92 Å². The highest BCUT2D eigenvalue weighted by Crippen LogP contribution is 2.28. The number of rotatable bonds is 2. The van der Waals surface area contributed by atoms with E-state index < -0.39 is 0 Å². The van der Waals surface area contributed by atoms with Gasteiger partial charge in [-0.1, -0.05) is 25.1 Å². The van der Waals surface area contributed by atoms with Gasteiger partial charge < -0.3 is 5.32 Å². The molecule has 3 heteroatoms. The van der Waals surface area contributed by atoms with Crippen LogP contribution in [0.15, 0.2) is 18.2 Å². The fourth-order valence-corrected chi connectivity index (χ4v) is 2.95. The third kappa shape index (κ3) is 2.58. The maximum atomic E-state index is 3.53. The quantitative estimate of drug-likeness (QED) is 0.871. The van der Waals surface area contributed by atoms with Crippen LogP contribution in [-0.2, 0) is 13.0 Å². The van der Waals surface area contributed by atoms with Crippen LogP contribution in [0.1, 0.15) is 24.5 Å². The van der Waals surface area contributed by atoms with Gasteiger partial charge in [-0.15, -0.1) is 12.4 Å². The van der Waals surface area contributed by atoms with Gasteiger partial charge in [-0.2, -0.15) is 0 Å². The van der Waals surface area contributed by atoms with E-state index in [1.807, 2.05) is 0 Å². The van der Waals surface area contributed by atoms with Crippen LogP contribution >= 0.6 is 12.4 Å². The molecule has 0 aromatic heterocycles. The highest BCUT2D eigenvalue weighted by molar-refractivity contribution is 5.85. The van der Waals surface area contributed by atoms with Gasteiger partial charge in [-0.3, -0.25) is 4.90 Å². The molecule has 17 heavy (non-hydrogen) atoms. The fourth-order valence-electron chi connectivity index (χ4n) is 2.95. The average molecular weight is 253 g/mol. The molecule has 0 amide bonds. The van der Waals surface area contributed by atoms with Crippen molar-refractivity contribution < 1.29 is 0 Å². The maximum absolute atomic E-state index is 3.53. The van der Waals surface area contributed by atoms with Gasteiger partial charge in [0.2, 0.25) is 0 Å². The maximum Gasteiger partial charge on any atom is 0.0419 e. The number of likely N-dealkylation sites (tertiary alicyclic amines) is 1. The summed E-state index contributed by atoms with van der Waals surface area (Å²) in [5.41, 5.74) is 4.41. The molecule has 1 unspecified atom stereocenters. The molecular weight excluding hydrogens is 232 g/mol. The summed E-state index contributed by atoms with van der Waals surface area (Å²) < 4.78 is 0. The molecule has 0 aliphatic carbocycles. The molecule has 0 spiro atoms. The minimum Gasteiger partial charge on any atom is -0.384 e. The van der Waals surface area contributed by atoms with Crippen LogP contribution in [-0.4, -0.2) is 24.5 Å². The third-order valence-corrected chi connectivity index (χ3v) is 3.84. The van der Waals surface area contributed by atoms with Crippen LogP contribution in [0.2, 0.25) is 0 Å². The molecule has 2 nitrogen and oxygen atoms in total. The first-order chi connectivity index (χ1) is 7.83. The minimum absolute atomic E-state index is 0. The van der Waals surface area contributed by atoms with Crippen LogP contribution < -0.4 is 5.32 Å². The second kappa shape index (κ2) is 5.28. The fraction of sp³-hybridized carbons (Fsp3) is 0.571. The van der Waals surface area contributed by atoms with E-state index in [1.54, 1.807) is 0 Å². The number of para-hydroxylation sites is 1. The van der Waals surface area contributed by atoms with Crippen molar-refractivity contribution >= 4 is 18.1 Å². The zero-order valence-corrected chi connectivity index (χ0v) is 11.2. The summed E-state index contributed by atoms with van der Waals surface area (Å²) in [4.78, 5) is 2.58. The highest BCUT2D eigenvalue weighted by Gasteiger charge is 2.21. The van der Waals surface area contributed by atoms with Crippen molar-refractivity contribution in [2.24, 2.45) is 5.92 Å². The Bertz CT molecular complexity index is 392. The predicted octanol–water partition coefficient (Wildman–Crippen LogP) is 2.92. The summed E-state index contributed by atoms with van der Waals surface area (Å²) in [5.74, 6) is 0.879. The number of hydrogen-bond acceptors (Lipinski definition) is 2. The number of nitrogens with zero attached hydrogens (tertiary/aromatic N) is 1. The Morgan fingerprint density at radius 2 is 2.29 bits per heavy atom. The van der Waals surface area contributed by atoms with Gasteiger partial charge in [-0.05, 0) is 36.4 Å². The Balaban J connectivity index is 0.00000108. The largest absolute Gasteiger partial charge is 0.384 e. The summed E-state index contributed by atoms with van der Waals surface area (Å²) in [6.07, 6.45) is 2.56. The summed E-state index contributed by atoms with van der Waals surface area (Å²) in [6, 6.07) is 6.74. The second-order valence-electron chi connectivity index (χ2n) is 5.26. The first kappa shape index (κ1) is 12.7. The molecular formula is C14H21ClN2. The Labute approximate surface area is 110 Å². The Hall–Kier alpha value is -0.730. The number of anilines is 1. The Morgan fingerprint density at radius 3 is 3.06 bits per heavy atom. The van der Waals surface area contributed by atoms with Gasteiger partial charge in [0, 0.05) is 25.3 Å². The molecule has 1 saturated heterocycles. The summed E-state index contributed by atoms with van der Waals surface area (Å²) >= 11 is 0. The van der Waals surface area contributed by atoms with Crippen molar-refractivity contribution in [2.45, 2.75) is 26.3 Å². The van der Waals surface area contributed by atoms with Crippen LogP contribution in [0.5, 0.6) is 0 Å². The Kier molecular flexibility index (Phi) is 3.95. The van der Waals surface area contributed by atoms with E-state index in [9.17, 15) is 0 Å². The number of benzene rings is 1. The topological polar surface area (TPSA) is 15.3 Å². The standard InChI is InChI=1S/C14H20N2.ClH/c1-11-6-8-16(9-11)10-13-4-2-3-12-5-7-15-14(12)13;/h2-4,11,15H,5-10H2,1H3;1H. The number of halogens is 1. The predicted molar refractivity (Wildman–Crippen MR) is 74.9 cm³/mol. The smallest absolute Gasteiger partial charge is 0.0419 e. The van der Waals surface area contributed by atoms with Gasteiger partial charge in [0.15, 0.2) is 0 Å². The normalized spacial score (nSPS) is 23.0. The van der Waals surface area contributed by atoms with E-state index in [2.05, 4.69) is 35.3 Å². The average Bonchev–Trinajstić information content (AvgIpc) is 2.87. The van der Waals surface area contributed by atoms with Crippen molar-refractivity contribution in [2.75, 3.05) is 25.0 Å². The van der Waals surface area contributed by atoms with Gasteiger partial charge >= 0.3 is 0 Å². The van der Waals surface area contributed by atoms with Gasteiger partial charge in [-0.25, -0.2) is 0 Å². The number of hydrogen-bond donors (Lipinski definition) is 1. The zero-order chi connectivity index (χ0) is 11.0. The van der Waals surface area contributed by atoms with E-state index in [-0.39, 0.29) is 12.4 Å². The summed E-state index contributed by atoms with van der Waals surface area (Å²) in [5, 5.41) is 3.53. The lowest BCUT2D eigenvalue weighted by Crippen LogP contribution is -2.20. The number of fused-ring (bicyclic) bond motifs is 1. The lowest BCUT2D eigenvalue weighted by molar-refractivity contribution is 0.321. The molecule has 0 saturated carbocycles. The molecule has 0 radical (unpaired) electrons. The van der Waals surface area contributed by atoms with Gasteiger partial charge in [0.1, 0.15) is 0 Å². The molecule has 3 rings (SSSR count). The van der Waals surface area contributed by atoms with E-state index in [4.69, 9.17) is 0 Å². The second-order valence-corrected chi connectivity index (χ2v) is 5.26. The van der Waals surface area contributed by atoms with E-state index in [0.717, 1.165) is 19.0 Å². The van der Waals surface area contributed by atoms with E-state index in [1.165, 1.54) is 42.7 Å². The van der Waals surface area contributed by atoms with Crippen molar-refractivity contribution in [3.8, 4) is 0 Å². The molecule has 2 aliphatic heterocycles. The Morgan fingerprint density at radius 1 is 1.41 bits per heavy atom. The molecule has 2 aliphatic rings. The van der Waals surface area contributed by atoms with Crippen molar-refractivity contribution in [1.82, 2.24) is 4.90 Å². The number of nitrogens with one attached hydrogen (secondary N) is 1. The molecule has 1 fully saturated rings. The van der Waals surface area contributed by atoms with Gasteiger partial charge in [0.25, 0.3) is 0 Å².